The zero-order valence-electron chi connectivity index (χ0n) is 16.3. The maximum Gasteiger partial charge on any atom is 0.316 e. The average Bonchev–Trinajstić information content (AvgIpc) is 2.74. The molecule has 0 N–H and O–H groups in total. The highest BCUT2D eigenvalue weighted by molar-refractivity contribution is 5.83. The number of carbonyl (C=O) groups is 1. The van der Waals surface area contributed by atoms with Gasteiger partial charge < -0.3 is 4.74 Å². The van der Waals surface area contributed by atoms with Crippen LogP contribution >= 0.6 is 0 Å². The van der Waals surface area contributed by atoms with Crippen LogP contribution in [0.2, 0.25) is 0 Å². The molecule has 0 aromatic heterocycles. The van der Waals surface area contributed by atoms with Gasteiger partial charge >= 0.3 is 5.97 Å². The second-order valence-corrected chi connectivity index (χ2v) is 7.79. The SMILES string of the molecule is CC(CC=CC1CCCCC1)(C(=O)OCc1ccccc1)c1ccccc1. The third kappa shape index (κ3) is 5.32. The van der Waals surface area contributed by atoms with E-state index in [4.69, 9.17) is 4.74 Å². The van der Waals surface area contributed by atoms with Gasteiger partial charge in [-0.2, -0.15) is 0 Å². The maximum atomic E-state index is 13.1. The molecule has 1 aliphatic rings. The predicted octanol–water partition coefficient (Wildman–Crippen LogP) is 6.21. The van der Waals surface area contributed by atoms with Gasteiger partial charge in [0.05, 0.1) is 5.41 Å². The highest BCUT2D eigenvalue weighted by Gasteiger charge is 2.35. The molecule has 2 aromatic carbocycles. The van der Waals surface area contributed by atoms with Gasteiger partial charge in [-0.3, -0.25) is 4.79 Å². The van der Waals surface area contributed by atoms with E-state index in [2.05, 4.69) is 12.2 Å². The van der Waals surface area contributed by atoms with Crippen molar-refractivity contribution in [3.05, 3.63) is 83.9 Å². The van der Waals surface area contributed by atoms with Crippen LogP contribution in [0.3, 0.4) is 0 Å². The number of allylic oxidation sites excluding steroid dienone is 2. The van der Waals surface area contributed by atoms with Crippen molar-refractivity contribution in [1.82, 2.24) is 0 Å². The first-order valence-electron chi connectivity index (χ1n) is 10.1. The zero-order chi connectivity index (χ0) is 19.0. The summed E-state index contributed by atoms with van der Waals surface area (Å²) < 4.78 is 5.72. The van der Waals surface area contributed by atoms with Gasteiger partial charge in [-0.25, -0.2) is 0 Å². The highest BCUT2D eigenvalue weighted by atomic mass is 16.5. The second-order valence-electron chi connectivity index (χ2n) is 7.79. The number of hydrogen-bond acceptors (Lipinski definition) is 2. The summed E-state index contributed by atoms with van der Waals surface area (Å²) in [7, 11) is 0. The molecule has 2 aromatic rings. The number of rotatable bonds is 7. The van der Waals surface area contributed by atoms with E-state index < -0.39 is 5.41 Å². The summed E-state index contributed by atoms with van der Waals surface area (Å²) in [5.74, 6) is 0.505. The van der Waals surface area contributed by atoms with Crippen LogP contribution < -0.4 is 0 Å². The number of ether oxygens (including phenoxy) is 1. The molecule has 2 nitrogen and oxygen atoms in total. The fraction of sp³-hybridized carbons (Fsp3) is 0.400. The normalized spacial score (nSPS) is 17.5. The molecule has 2 heteroatoms. The maximum absolute atomic E-state index is 13.1. The number of hydrogen-bond donors (Lipinski definition) is 0. The Hall–Kier alpha value is -2.35. The summed E-state index contributed by atoms with van der Waals surface area (Å²) in [5, 5.41) is 0. The van der Waals surface area contributed by atoms with Crippen LogP contribution in [0.5, 0.6) is 0 Å². The molecule has 1 aliphatic carbocycles. The molecule has 0 bridgehead atoms. The fourth-order valence-corrected chi connectivity index (χ4v) is 3.83. The Morgan fingerprint density at radius 2 is 1.63 bits per heavy atom. The molecular weight excluding hydrogens is 332 g/mol. The first-order valence-corrected chi connectivity index (χ1v) is 10.1. The number of benzene rings is 2. The van der Waals surface area contributed by atoms with Crippen LogP contribution in [0, 0.1) is 5.92 Å². The molecule has 0 heterocycles. The van der Waals surface area contributed by atoms with Crippen molar-refractivity contribution in [2.24, 2.45) is 5.92 Å². The third-order valence-corrected chi connectivity index (χ3v) is 5.66. The topological polar surface area (TPSA) is 26.3 Å². The molecule has 0 aliphatic heterocycles. The lowest BCUT2D eigenvalue weighted by molar-refractivity contribution is -0.151. The minimum Gasteiger partial charge on any atom is -0.460 e. The quantitative estimate of drug-likeness (QED) is 0.432. The highest BCUT2D eigenvalue weighted by Crippen LogP contribution is 2.31. The zero-order valence-corrected chi connectivity index (χ0v) is 16.3. The van der Waals surface area contributed by atoms with Crippen molar-refractivity contribution in [3.8, 4) is 0 Å². The fourth-order valence-electron chi connectivity index (χ4n) is 3.83. The van der Waals surface area contributed by atoms with Gasteiger partial charge in [-0.15, -0.1) is 0 Å². The first-order chi connectivity index (χ1) is 13.2. The molecule has 1 saturated carbocycles. The molecular formula is C25H30O2. The summed E-state index contributed by atoms with van der Waals surface area (Å²) >= 11 is 0. The summed E-state index contributed by atoms with van der Waals surface area (Å²) in [6.07, 6.45) is 11.7. The lowest BCUT2D eigenvalue weighted by atomic mass is 9.78. The summed E-state index contributed by atoms with van der Waals surface area (Å²) in [5.41, 5.74) is 1.36. The van der Waals surface area contributed by atoms with Crippen molar-refractivity contribution in [1.29, 1.82) is 0 Å². The molecule has 142 valence electrons. The van der Waals surface area contributed by atoms with Crippen LogP contribution in [0.25, 0.3) is 0 Å². The van der Waals surface area contributed by atoms with Crippen molar-refractivity contribution >= 4 is 5.97 Å². The van der Waals surface area contributed by atoms with E-state index in [1.54, 1.807) is 0 Å². The van der Waals surface area contributed by atoms with Crippen LogP contribution in [0.1, 0.15) is 56.6 Å². The Kier molecular flexibility index (Phi) is 6.86. The Bertz CT molecular complexity index is 729. The van der Waals surface area contributed by atoms with Gasteiger partial charge in [-0.05, 0) is 43.2 Å². The van der Waals surface area contributed by atoms with Crippen molar-refractivity contribution < 1.29 is 9.53 Å². The largest absolute Gasteiger partial charge is 0.460 e. The Morgan fingerprint density at radius 1 is 1.00 bits per heavy atom. The molecule has 27 heavy (non-hydrogen) atoms. The Balaban J connectivity index is 1.71. The molecule has 1 fully saturated rings. The van der Waals surface area contributed by atoms with E-state index in [9.17, 15) is 4.79 Å². The van der Waals surface area contributed by atoms with Crippen LogP contribution in [-0.4, -0.2) is 5.97 Å². The van der Waals surface area contributed by atoms with Gasteiger partial charge in [0.2, 0.25) is 0 Å². The van der Waals surface area contributed by atoms with Crippen LogP contribution in [0.15, 0.2) is 72.8 Å². The van der Waals surface area contributed by atoms with Crippen molar-refractivity contribution in [2.75, 3.05) is 0 Å². The van der Waals surface area contributed by atoms with Gasteiger partial charge in [0, 0.05) is 0 Å². The molecule has 0 saturated heterocycles. The van der Waals surface area contributed by atoms with E-state index in [-0.39, 0.29) is 5.97 Å². The summed E-state index contributed by atoms with van der Waals surface area (Å²) in [4.78, 5) is 13.1. The van der Waals surface area contributed by atoms with E-state index >= 15 is 0 Å². The van der Waals surface area contributed by atoms with Crippen molar-refractivity contribution in [3.63, 3.8) is 0 Å². The van der Waals surface area contributed by atoms with E-state index in [0.717, 1.165) is 11.1 Å². The molecule has 0 amide bonds. The molecule has 3 rings (SSSR count). The van der Waals surface area contributed by atoms with Gasteiger partial charge in [0.25, 0.3) is 0 Å². The minimum absolute atomic E-state index is 0.161. The Morgan fingerprint density at radius 3 is 2.30 bits per heavy atom. The monoisotopic (exact) mass is 362 g/mol. The molecule has 0 spiro atoms. The van der Waals surface area contributed by atoms with Gasteiger partial charge in [-0.1, -0.05) is 92.1 Å². The van der Waals surface area contributed by atoms with Crippen molar-refractivity contribution in [2.45, 2.75) is 57.5 Å². The molecule has 0 radical (unpaired) electrons. The summed E-state index contributed by atoms with van der Waals surface area (Å²) in [6, 6.07) is 19.9. The van der Waals surface area contributed by atoms with Gasteiger partial charge in [0.1, 0.15) is 6.61 Å². The Labute approximate surface area is 163 Å². The lowest BCUT2D eigenvalue weighted by Crippen LogP contribution is -2.34. The smallest absolute Gasteiger partial charge is 0.316 e. The standard InChI is InChI=1S/C25H30O2/c1-25(23-17-9-4-10-18-23,19-11-16-21-12-5-2-6-13-21)24(26)27-20-22-14-7-3-8-15-22/h3-4,7-11,14-18,21H,2,5-6,12-13,19-20H2,1H3. The number of esters is 1. The van der Waals surface area contributed by atoms with Crippen LogP contribution in [-0.2, 0) is 21.6 Å². The first kappa shape index (κ1) is 19.4. The lowest BCUT2D eigenvalue weighted by Gasteiger charge is -2.27. The number of carbonyl (C=O) groups excluding carboxylic acids is 1. The van der Waals surface area contributed by atoms with E-state index in [1.807, 2.05) is 67.6 Å². The van der Waals surface area contributed by atoms with Gasteiger partial charge in [0.15, 0.2) is 0 Å². The third-order valence-electron chi connectivity index (χ3n) is 5.66. The van der Waals surface area contributed by atoms with E-state index in [0.29, 0.717) is 18.9 Å². The molecule has 1 atom stereocenters. The predicted molar refractivity (Wildman–Crippen MR) is 110 cm³/mol. The average molecular weight is 363 g/mol. The second kappa shape index (κ2) is 9.55. The summed E-state index contributed by atoms with van der Waals surface area (Å²) in [6.45, 7) is 2.31. The van der Waals surface area contributed by atoms with Crippen LogP contribution in [0.4, 0.5) is 0 Å². The van der Waals surface area contributed by atoms with E-state index in [1.165, 1.54) is 32.1 Å². The molecule has 1 unspecified atom stereocenters. The minimum atomic E-state index is -0.665.